The molecule has 0 saturated carbocycles. The summed E-state index contributed by atoms with van der Waals surface area (Å²) < 4.78 is 16.0. The van der Waals surface area contributed by atoms with Gasteiger partial charge in [0.2, 0.25) is 0 Å². The van der Waals surface area contributed by atoms with Crippen LogP contribution in [0.25, 0.3) is 0 Å². The number of aliphatic imine (C=N–C) groups is 1. The summed E-state index contributed by atoms with van der Waals surface area (Å²) in [6.45, 7) is 4.86. The molecule has 1 aromatic carbocycles. The first-order valence-corrected chi connectivity index (χ1v) is 10.4. The Labute approximate surface area is 201 Å². The average molecular weight is 560 g/mol. The summed E-state index contributed by atoms with van der Waals surface area (Å²) >= 11 is 12.6. The molecule has 2 rings (SSSR count). The van der Waals surface area contributed by atoms with E-state index >= 15 is 0 Å². The Hall–Kier alpha value is -0.320. The predicted molar refractivity (Wildman–Crippen MR) is 130 cm³/mol. The second kappa shape index (κ2) is 14.6. The molecule has 0 aliphatic carbocycles. The van der Waals surface area contributed by atoms with Gasteiger partial charge < -0.3 is 24.8 Å². The first-order valence-electron chi connectivity index (χ1n) is 9.66. The van der Waals surface area contributed by atoms with Gasteiger partial charge >= 0.3 is 0 Å². The van der Waals surface area contributed by atoms with Crippen molar-refractivity contribution in [3.8, 4) is 0 Å². The van der Waals surface area contributed by atoms with Gasteiger partial charge in [0.05, 0.1) is 13.2 Å². The van der Waals surface area contributed by atoms with Crippen molar-refractivity contribution in [3.05, 3.63) is 33.8 Å². The normalized spacial score (nSPS) is 16.2. The maximum Gasteiger partial charge on any atom is 0.191 e. The van der Waals surface area contributed by atoms with E-state index < -0.39 is 0 Å². The van der Waals surface area contributed by atoms with E-state index in [2.05, 4.69) is 15.6 Å². The number of hydrogen-bond acceptors (Lipinski definition) is 4. The molecule has 1 aliphatic rings. The number of halogens is 3. The predicted octanol–water partition coefficient (Wildman–Crippen LogP) is 3.88. The topological polar surface area (TPSA) is 64.1 Å². The van der Waals surface area contributed by atoms with E-state index in [0.717, 1.165) is 43.9 Å². The largest absolute Gasteiger partial charge is 0.382 e. The summed E-state index contributed by atoms with van der Waals surface area (Å²) in [6, 6.07) is 5.74. The van der Waals surface area contributed by atoms with Gasteiger partial charge in [-0.1, -0.05) is 29.3 Å². The molecule has 1 heterocycles. The summed E-state index contributed by atoms with van der Waals surface area (Å²) in [6.07, 6.45) is 2.68. The average Bonchev–Trinajstić information content (AvgIpc) is 2.70. The van der Waals surface area contributed by atoms with Crippen molar-refractivity contribution in [1.82, 2.24) is 10.6 Å². The van der Waals surface area contributed by atoms with E-state index in [1.807, 2.05) is 18.2 Å². The lowest BCUT2D eigenvalue weighted by Crippen LogP contribution is -2.48. The van der Waals surface area contributed by atoms with Crippen LogP contribution in [0.1, 0.15) is 24.8 Å². The number of nitrogens with zero attached hydrogens (tertiary/aromatic N) is 1. The lowest BCUT2D eigenvalue weighted by atomic mass is 9.74. The molecule has 1 aliphatic heterocycles. The molecule has 6 nitrogen and oxygen atoms in total. The van der Waals surface area contributed by atoms with Gasteiger partial charge in [-0.05, 0) is 37.0 Å². The summed E-state index contributed by atoms with van der Waals surface area (Å²) in [5.74, 6) is 0.771. The van der Waals surface area contributed by atoms with Gasteiger partial charge in [0, 0.05) is 62.5 Å². The highest BCUT2D eigenvalue weighted by Gasteiger charge is 2.36. The Morgan fingerprint density at radius 3 is 2.59 bits per heavy atom. The molecule has 29 heavy (non-hydrogen) atoms. The highest BCUT2D eigenvalue weighted by molar-refractivity contribution is 14.0. The zero-order chi connectivity index (χ0) is 20.2. The van der Waals surface area contributed by atoms with Crippen molar-refractivity contribution in [3.63, 3.8) is 0 Å². The Bertz CT molecular complexity index is 629. The number of nitrogens with one attached hydrogen (secondary N) is 2. The van der Waals surface area contributed by atoms with Crippen LogP contribution in [0.4, 0.5) is 0 Å². The van der Waals surface area contributed by atoms with E-state index in [1.54, 1.807) is 14.2 Å². The summed E-state index contributed by atoms with van der Waals surface area (Å²) in [7, 11) is 3.44. The highest BCUT2D eigenvalue weighted by atomic mass is 127. The Balaban J connectivity index is 0.00000420. The van der Waals surface area contributed by atoms with Crippen molar-refractivity contribution in [2.45, 2.75) is 24.7 Å². The lowest BCUT2D eigenvalue weighted by Gasteiger charge is -2.39. The third-order valence-corrected chi connectivity index (χ3v) is 5.51. The van der Waals surface area contributed by atoms with Gasteiger partial charge in [-0.3, -0.25) is 4.99 Å². The second-order valence-corrected chi connectivity index (χ2v) is 7.67. The number of guanidine groups is 1. The van der Waals surface area contributed by atoms with Crippen molar-refractivity contribution in [1.29, 1.82) is 0 Å². The Kier molecular flexibility index (Phi) is 13.5. The molecule has 1 fully saturated rings. The number of rotatable bonds is 10. The van der Waals surface area contributed by atoms with Gasteiger partial charge in [-0.2, -0.15) is 0 Å². The van der Waals surface area contributed by atoms with E-state index in [0.29, 0.717) is 43.1 Å². The minimum absolute atomic E-state index is 0. The first kappa shape index (κ1) is 26.7. The van der Waals surface area contributed by atoms with Gasteiger partial charge in [0.25, 0.3) is 0 Å². The lowest BCUT2D eigenvalue weighted by molar-refractivity contribution is 0.0514. The molecule has 0 radical (unpaired) electrons. The molecule has 0 amide bonds. The molecule has 1 saturated heterocycles. The van der Waals surface area contributed by atoms with E-state index in [4.69, 9.17) is 37.4 Å². The second-order valence-electron chi connectivity index (χ2n) is 6.83. The van der Waals surface area contributed by atoms with Gasteiger partial charge in [-0.25, -0.2) is 0 Å². The van der Waals surface area contributed by atoms with Gasteiger partial charge in [0.1, 0.15) is 0 Å². The molecule has 0 spiro atoms. The molecule has 0 atom stereocenters. The minimum Gasteiger partial charge on any atom is -0.382 e. The smallest absolute Gasteiger partial charge is 0.191 e. The monoisotopic (exact) mass is 559 g/mol. The fraction of sp³-hybridized carbons (Fsp3) is 0.650. The quantitative estimate of drug-likeness (QED) is 0.197. The molecule has 1 aromatic rings. The minimum atomic E-state index is -0.110. The molecule has 0 aromatic heterocycles. The van der Waals surface area contributed by atoms with Gasteiger partial charge in [0.15, 0.2) is 5.96 Å². The zero-order valence-corrected chi connectivity index (χ0v) is 21.0. The van der Waals surface area contributed by atoms with Crippen molar-refractivity contribution in [2.75, 3.05) is 60.3 Å². The molecule has 9 heteroatoms. The number of benzene rings is 1. The van der Waals surface area contributed by atoms with Crippen molar-refractivity contribution >= 4 is 53.1 Å². The number of hydrogen-bond donors (Lipinski definition) is 2. The number of ether oxygens (including phenoxy) is 3. The van der Waals surface area contributed by atoms with E-state index in [9.17, 15) is 0 Å². The Morgan fingerprint density at radius 1 is 1.17 bits per heavy atom. The molecule has 0 bridgehead atoms. The SMILES string of the molecule is CN=C(NCCCOCCOC)NCC1(c2ccc(Cl)cc2Cl)CCOCC1.I. The van der Waals surface area contributed by atoms with Crippen LogP contribution in [-0.2, 0) is 19.6 Å². The molecular weight excluding hydrogens is 528 g/mol. The fourth-order valence-electron chi connectivity index (χ4n) is 3.32. The van der Waals surface area contributed by atoms with Crippen LogP contribution in [0, 0.1) is 0 Å². The van der Waals surface area contributed by atoms with E-state index in [-0.39, 0.29) is 29.4 Å². The van der Waals surface area contributed by atoms with Crippen LogP contribution in [0.3, 0.4) is 0 Å². The fourth-order valence-corrected chi connectivity index (χ4v) is 3.93. The third-order valence-electron chi connectivity index (χ3n) is 4.96. The molecular formula is C20H32Cl2IN3O3. The summed E-state index contributed by atoms with van der Waals surface area (Å²) in [5.41, 5.74) is 0.997. The number of methoxy groups -OCH3 is 1. The molecule has 2 N–H and O–H groups in total. The van der Waals surface area contributed by atoms with Crippen molar-refractivity contribution < 1.29 is 14.2 Å². The van der Waals surface area contributed by atoms with Crippen LogP contribution in [0.15, 0.2) is 23.2 Å². The van der Waals surface area contributed by atoms with Crippen molar-refractivity contribution in [2.24, 2.45) is 4.99 Å². The van der Waals surface area contributed by atoms with Crippen LogP contribution in [0.2, 0.25) is 10.0 Å². The van der Waals surface area contributed by atoms with Crippen LogP contribution >= 0.6 is 47.2 Å². The Morgan fingerprint density at radius 2 is 1.93 bits per heavy atom. The maximum absolute atomic E-state index is 6.53. The third kappa shape index (κ3) is 8.75. The van der Waals surface area contributed by atoms with Crippen LogP contribution < -0.4 is 10.6 Å². The summed E-state index contributed by atoms with van der Waals surface area (Å²) in [4.78, 5) is 4.33. The first-order chi connectivity index (χ1) is 13.6. The summed E-state index contributed by atoms with van der Waals surface area (Å²) in [5, 5.41) is 8.15. The molecule has 0 unspecified atom stereocenters. The van der Waals surface area contributed by atoms with Gasteiger partial charge in [-0.15, -0.1) is 24.0 Å². The van der Waals surface area contributed by atoms with E-state index in [1.165, 1.54) is 0 Å². The maximum atomic E-state index is 6.53. The zero-order valence-electron chi connectivity index (χ0n) is 17.1. The highest BCUT2D eigenvalue weighted by Crippen LogP contribution is 2.39. The van der Waals surface area contributed by atoms with Crippen LogP contribution in [-0.4, -0.2) is 66.2 Å². The van der Waals surface area contributed by atoms with Crippen LogP contribution in [0.5, 0.6) is 0 Å². The molecule has 166 valence electrons. The standard InChI is InChI=1S/C20H31Cl2N3O3.HI/c1-23-19(24-8-3-9-27-13-12-26-2)25-15-20(6-10-28-11-7-20)17-5-4-16(21)14-18(17)22;/h4-5,14H,3,6-13,15H2,1-2H3,(H2,23,24,25);1H.